The summed E-state index contributed by atoms with van der Waals surface area (Å²) in [5.74, 6) is 0. The molecule has 0 unspecified atom stereocenters. The molecule has 5 heteroatoms. The Morgan fingerprint density at radius 2 is 2.53 bits per heavy atom. The maximum atomic E-state index is 9.06. The number of nitrogens with one attached hydrogen (secondary N) is 1. The Labute approximate surface area is 118 Å². The fourth-order valence-corrected chi connectivity index (χ4v) is 2.71. The van der Waals surface area contributed by atoms with E-state index in [0.717, 1.165) is 25.2 Å². The van der Waals surface area contributed by atoms with Gasteiger partial charge in [0, 0.05) is 18.4 Å². The van der Waals surface area contributed by atoms with Gasteiger partial charge in [-0.05, 0) is 19.9 Å². The van der Waals surface area contributed by atoms with Crippen molar-refractivity contribution in [2.24, 2.45) is 0 Å². The van der Waals surface area contributed by atoms with Crippen LogP contribution in [0.5, 0.6) is 0 Å². The summed E-state index contributed by atoms with van der Waals surface area (Å²) in [6, 6.07) is 2.34. The molecular weight excluding hydrogens is 262 g/mol. The average molecular weight is 280 g/mol. The van der Waals surface area contributed by atoms with E-state index >= 15 is 0 Å². The Kier molecular flexibility index (Phi) is 4.65. The lowest BCUT2D eigenvalue weighted by atomic mass is 10.0. The Hall–Kier alpha value is -1.28. The molecule has 0 aliphatic carbocycles. The number of piperidine rings is 1. The van der Waals surface area contributed by atoms with Crippen LogP contribution in [0.4, 0.5) is 0 Å². The predicted octanol–water partition coefficient (Wildman–Crippen LogP) is 2.43. The highest BCUT2D eigenvalue weighted by atomic mass is 35.5. The van der Waals surface area contributed by atoms with Crippen LogP contribution >= 0.6 is 11.6 Å². The second-order valence-corrected chi connectivity index (χ2v) is 5.06. The van der Waals surface area contributed by atoms with Gasteiger partial charge in [-0.2, -0.15) is 5.26 Å². The van der Waals surface area contributed by atoms with Crippen LogP contribution in [0.1, 0.15) is 23.7 Å². The Bertz CT molecular complexity index is 504. The molecule has 1 aromatic rings. The van der Waals surface area contributed by atoms with Crippen LogP contribution in [-0.2, 0) is 4.74 Å². The van der Waals surface area contributed by atoms with Crippen LogP contribution in [0, 0.1) is 18.3 Å². The molecule has 1 aromatic heterocycles. The molecule has 0 saturated carbocycles. The van der Waals surface area contributed by atoms with Crippen LogP contribution in [-0.4, -0.2) is 30.4 Å². The number of aromatic nitrogens is 1. The predicted molar refractivity (Wildman–Crippen MR) is 75.4 cm³/mol. The van der Waals surface area contributed by atoms with Crippen molar-refractivity contribution in [3.8, 4) is 6.07 Å². The lowest BCUT2D eigenvalue weighted by molar-refractivity contribution is 0.0180. The smallest absolute Gasteiger partial charge is 0.102 e. The van der Waals surface area contributed by atoms with Crippen molar-refractivity contribution in [3.63, 3.8) is 0 Å². The van der Waals surface area contributed by atoms with Crippen molar-refractivity contribution in [2.45, 2.75) is 25.5 Å². The summed E-state index contributed by atoms with van der Waals surface area (Å²) < 4.78 is 7.89. The Morgan fingerprint density at radius 3 is 3.16 bits per heavy atom. The fraction of sp³-hybridized carbons (Fsp3) is 0.500. The average Bonchev–Trinajstić information content (AvgIpc) is 2.73. The molecule has 1 aliphatic heterocycles. The monoisotopic (exact) mass is 279 g/mol. The number of rotatable bonds is 4. The normalized spacial score (nSPS) is 23.0. The lowest BCUT2D eigenvalue weighted by Gasteiger charge is -2.33. The minimum absolute atomic E-state index is 0.0699. The third-order valence-electron chi connectivity index (χ3n) is 3.51. The van der Waals surface area contributed by atoms with Crippen molar-refractivity contribution in [2.75, 3.05) is 19.7 Å². The van der Waals surface area contributed by atoms with Crippen molar-refractivity contribution in [1.82, 2.24) is 9.88 Å². The molecule has 2 heterocycles. The summed E-state index contributed by atoms with van der Waals surface area (Å²) >= 11 is 6.17. The highest BCUT2D eigenvalue weighted by Gasteiger charge is 2.28. The Morgan fingerprint density at radius 1 is 1.74 bits per heavy atom. The molecule has 1 N–H and O–H groups in total. The van der Waals surface area contributed by atoms with Gasteiger partial charge in [-0.15, -0.1) is 6.58 Å². The van der Waals surface area contributed by atoms with E-state index in [1.165, 1.54) is 0 Å². The van der Waals surface area contributed by atoms with E-state index in [4.69, 9.17) is 21.6 Å². The second-order valence-electron chi connectivity index (χ2n) is 4.68. The van der Waals surface area contributed by atoms with Gasteiger partial charge in [0.2, 0.25) is 0 Å². The molecule has 0 spiro atoms. The van der Waals surface area contributed by atoms with Crippen molar-refractivity contribution >= 4 is 11.6 Å². The summed E-state index contributed by atoms with van der Waals surface area (Å²) in [6.45, 7) is 7.89. The van der Waals surface area contributed by atoms with E-state index in [9.17, 15) is 0 Å². The van der Waals surface area contributed by atoms with Crippen molar-refractivity contribution in [3.05, 3.63) is 35.1 Å². The summed E-state index contributed by atoms with van der Waals surface area (Å²) in [5, 5.41) is 12.9. The van der Waals surface area contributed by atoms with Gasteiger partial charge in [-0.1, -0.05) is 17.7 Å². The van der Waals surface area contributed by atoms with Gasteiger partial charge in [0.15, 0.2) is 0 Å². The number of halogens is 1. The third kappa shape index (κ3) is 2.84. The van der Waals surface area contributed by atoms with Crippen LogP contribution in [0.15, 0.2) is 18.9 Å². The van der Waals surface area contributed by atoms with Crippen LogP contribution in [0.25, 0.3) is 0 Å². The molecule has 0 amide bonds. The first kappa shape index (κ1) is 14.1. The van der Waals surface area contributed by atoms with E-state index < -0.39 is 0 Å². The van der Waals surface area contributed by atoms with Gasteiger partial charge < -0.3 is 14.6 Å². The van der Waals surface area contributed by atoms with E-state index in [0.29, 0.717) is 17.2 Å². The summed E-state index contributed by atoms with van der Waals surface area (Å²) in [5.41, 5.74) is 1.46. The maximum Gasteiger partial charge on any atom is 0.102 e. The van der Waals surface area contributed by atoms with Gasteiger partial charge in [-0.25, -0.2) is 0 Å². The molecule has 4 nitrogen and oxygen atoms in total. The largest absolute Gasteiger partial charge is 0.371 e. The first-order valence-corrected chi connectivity index (χ1v) is 6.77. The van der Waals surface area contributed by atoms with E-state index in [1.54, 1.807) is 6.08 Å². The Balaban J connectivity index is 2.27. The van der Waals surface area contributed by atoms with Gasteiger partial charge in [0.1, 0.15) is 6.07 Å². The SMILES string of the molecule is C=CCO[C@H]1CNCC[C@H]1n1cc(C#N)c(Cl)c1C. The summed E-state index contributed by atoms with van der Waals surface area (Å²) in [4.78, 5) is 0. The van der Waals surface area contributed by atoms with Gasteiger partial charge >= 0.3 is 0 Å². The van der Waals surface area contributed by atoms with E-state index in [-0.39, 0.29) is 12.1 Å². The van der Waals surface area contributed by atoms with Crippen LogP contribution < -0.4 is 5.32 Å². The molecule has 1 saturated heterocycles. The fourth-order valence-electron chi connectivity index (χ4n) is 2.52. The van der Waals surface area contributed by atoms with Gasteiger partial charge in [-0.3, -0.25) is 0 Å². The number of hydrogen-bond acceptors (Lipinski definition) is 3. The minimum atomic E-state index is 0.0699. The van der Waals surface area contributed by atoms with Crippen molar-refractivity contribution in [1.29, 1.82) is 5.26 Å². The molecule has 0 bridgehead atoms. The van der Waals surface area contributed by atoms with E-state index in [2.05, 4.69) is 22.5 Å². The standard InChI is InChI=1S/C14H18ClN3O/c1-3-6-19-13-8-17-5-4-12(13)18-9-11(7-16)14(15)10(18)2/h3,9,12-13,17H,1,4-6,8H2,2H3/t12-,13+/m1/s1. The molecule has 0 radical (unpaired) electrons. The molecule has 0 aromatic carbocycles. The zero-order valence-electron chi connectivity index (χ0n) is 11.0. The molecule has 2 atom stereocenters. The van der Waals surface area contributed by atoms with E-state index in [1.807, 2.05) is 13.1 Å². The lowest BCUT2D eigenvalue weighted by Crippen LogP contribution is -2.43. The van der Waals surface area contributed by atoms with Crippen LogP contribution in [0.3, 0.4) is 0 Å². The minimum Gasteiger partial charge on any atom is -0.371 e. The van der Waals surface area contributed by atoms with Crippen LogP contribution in [0.2, 0.25) is 5.02 Å². The quantitative estimate of drug-likeness (QED) is 0.861. The second kappa shape index (κ2) is 6.25. The molecule has 19 heavy (non-hydrogen) atoms. The first-order valence-electron chi connectivity index (χ1n) is 6.39. The topological polar surface area (TPSA) is 50.0 Å². The number of nitriles is 1. The summed E-state index contributed by atoms with van der Waals surface area (Å²) in [7, 11) is 0. The van der Waals surface area contributed by atoms with Gasteiger partial charge in [0.05, 0.1) is 29.3 Å². The molecule has 2 rings (SSSR count). The first-order chi connectivity index (χ1) is 9.19. The van der Waals surface area contributed by atoms with Gasteiger partial charge in [0.25, 0.3) is 0 Å². The number of hydrogen-bond donors (Lipinski definition) is 1. The maximum absolute atomic E-state index is 9.06. The number of ether oxygens (including phenoxy) is 1. The molecular formula is C14H18ClN3O. The van der Waals surface area contributed by atoms with Crippen molar-refractivity contribution < 1.29 is 4.74 Å². The zero-order valence-corrected chi connectivity index (χ0v) is 11.8. The highest BCUT2D eigenvalue weighted by Crippen LogP contribution is 2.30. The summed E-state index contributed by atoms with van der Waals surface area (Å²) in [6.07, 6.45) is 4.61. The number of nitrogens with zero attached hydrogens (tertiary/aromatic N) is 2. The zero-order chi connectivity index (χ0) is 13.8. The molecule has 1 aliphatic rings. The third-order valence-corrected chi connectivity index (χ3v) is 3.98. The molecule has 1 fully saturated rings. The highest BCUT2D eigenvalue weighted by molar-refractivity contribution is 6.32. The molecule has 102 valence electrons.